The molecule has 2 heterocycles. The predicted molar refractivity (Wildman–Crippen MR) is 120 cm³/mol. The predicted octanol–water partition coefficient (Wildman–Crippen LogP) is 4.60. The van der Waals surface area contributed by atoms with Crippen LogP contribution in [0.4, 0.5) is 5.69 Å². The number of carbonyl (C=O) groups excluding carboxylic acids is 1. The van der Waals surface area contributed by atoms with E-state index in [1.807, 2.05) is 42.1 Å². The molecule has 2 aromatic carbocycles. The number of nitrogens with zero attached hydrogens (tertiary/aromatic N) is 3. The lowest BCUT2D eigenvalue weighted by molar-refractivity contribution is -0.115. The molecular weight excluding hydrogens is 382 g/mol. The van der Waals surface area contributed by atoms with Gasteiger partial charge in [0.2, 0.25) is 5.91 Å². The lowest BCUT2D eigenvalue weighted by Gasteiger charge is -2.10. The smallest absolute Gasteiger partial charge is 0.225 e. The molecule has 0 saturated carbocycles. The Balaban J connectivity index is 1.74. The first kappa shape index (κ1) is 19.3. The Morgan fingerprint density at radius 3 is 2.59 bits per heavy atom. The Morgan fingerprint density at radius 2 is 1.86 bits per heavy atom. The van der Waals surface area contributed by atoms with Crippen molar-refractivity contribution in [3.63, 3.8) is 0 Å². The topological polar surface area (TPSA) is 75.6 Å². The highest BCUT2D eigenvalue weighted by Crippen LogP contribution is 2.36. The largest absolute Gasteiger partial charge is 0.326 e. The number of thiol groups is 1. The van der Waals surface area contributed by atoms with Crippen LogP contribution in [-0.4, -0.2) is 31.6 Å². The fourth-order valence-electron chi connectivity index (χ4n) is 3.73. The van der Waals surface area contributed by atoms with Gasteiger partial charge in [-0.15, -0.1) is 0 Å². The van der Waals surface area contributed by atoms with Crippen LogP contribution in [0.25, 0.3) is 27.7 Å². The van der Waals surface area contributed by atoms with Crippen LogP contribution in [-0.2, 0) is 4.79 Å². The molecular formula is C22H23N5OS. The number of amides is 1. The fourth-order valence-corrected chi connectivity index (χ4v) is 3.93. The van der Waals surface area contributed by atoms with Crippen molar-refractivity contribution in [3.8, 4) is 16.8 Å². The number of hydrogen-bond donors (Lipinski definition) is 3. The van der Waals surface area contributed by atoms with E-state index in [9.17, 15) is 4.79 Å². The van der Waals surface area contributed by atoms with Crippen molar-refractivity contribution in [2.75, 3.05) is 11.1 Å². The molecule has 0 unspecified atom stereocenters. The summed E-state index contributed by atoms with van der Waals surface area (Å²) in [6.45, 7) is 6.22. The zero-order chi connectivity index (χ0) is 20.5. The first-order chi connectivity index (χ1) is 14.0. The minimum absolute atomic E-state index is 0.0372. The highest BCUT2D eigenvalue weighted by atomic mass is 32.1. The molecule has 0 bridgehead atoms. The summed E-state index contributed by atoms with van der Waals surface area (Å²) in [6.07, 6.45) is 2.26. The number of aromatic amines is 1. The second kappa shape index (κ2) is 7.75. The van der Waals surface area contributed by atoms with Crippen LogP contribution in [0, 0.1) is 20.8 Å². The average molecular weight is 406 g/mol. The molecule has 2 N–H and O–H groups in total. The van der Waals surface area contributed by atoms with E-state index >= 15 is 0 Å². The molecule has 0 atom stereocenters. The first-order valence-electron chi connectivity index (χ1n) is 9.50. The van der Waals surface area contributed by atoms with E-state index < -0.39 is 0 Å². The molecule has 2 aromatic heterocycles. The number of aryl methyl sites for hydroxylation is 2. The van der Waals surface area contributed by atoms with Crippen molar-refractivity contribution < 1.29 is 4.79 Å². The lowest BCUT2D eigenvalue weighted by Crippen LogP contribution is -2.11. The van der Waals surface area contributed by atoms with Crippen molar-refractivity contribution in [1.82, 2.24) is 20.0 Å². The van der Waals surface area contributed by atoms with Gasteiger partial charge in [-0.2, -0.15) is 22.8 Å². The van der Waals surface area contributed by atoms with E-state index in [0.29, 0.717) is 12.2 Å². The molecule has 0 aliphatic heterocycles. The molecule has 29 heavy (non-hydrogen) atoms. The summed E-state index contributed by atoms with van der Waals surface area (Å²) in [5.41, 5.74) is 8.22. The standard InChI is InChI=1S/C22H23N5OS/c1-13-4-9-19-18(12-23-25-19)21(13)22-14(2)26-27(15(22)3)17-7-5-16(6-8-17)24-20(28)10-11-29/h4-9,12,29H,10-11H2,1-3H3,(H,23,25)(H,24,28). The summed E-state index contributed by atoms with van der Waals surface area (Å²) < 4.78 is 1.95. The zero-order valence-corrected chi connectivity index (χ0v) is 17.5. The molecule has 0 saturated heterocycles. The first-order valence-corrected chi connectivity index (χ1v) is 10.1. The third kappa shape index (κ3) is 3.53. The van der Waals surface area contributed by atoms with Gasteiger partial charge >= 0.3 is 0 Å². The Kier molecular flexibility index (Phi) is 5.15. The van der Waals surface area contributed by atoms with Crippen LogP contribution in [0.15, 0.2) is 42.6 Å². The normalized spacial score (nSPS) is 11.2. The second-order valence-corrected chi connectivity index (χ2v) is 7.56. The summed E-state index contributed by atoms with van der Waals surface area (Å²) in [7, 11) is 0. The summed E-state index contributed by atoms with van der Waals surface area (Å²) in [6, 6.07) is 11.9. The number of hydrogen-bond acceptors (Lipinski definition) is 4. The Bertz CT molecular complexity index is 1190. The third-order valence-electron chi connectivity index (χ3n) is 5.11. The maximum atomic E-state index is 11.8. The van der Waals surface area contributed by atoms with E-state index in [2.05, 4.69) is 54.1 Å². The Hall–Kier alpha value is -3.06. The van der Waals surface area contributed by atoms with Gasteiger partial charge in [0.1, 0.15) is 0 Å². The Labute approximate surface area is 174 Å². The van der Waals surface area contributed by atoms with Crippen molar-refractivity contribution in [3.05, 3.63) is 59.5 Å². The van der Waals surface area contributed by atoms with Gasteiger partial charge in [0.25, 0.3) is 0 Å². The van der Waals surface area contributed by atoms with Crippen molar-refractivity contribution >= 4 is 35.1 Å². The van der Waals surface area contributed by atoms with E-state index in [-0.39, 0.29) is 5.91 Å². The molecule has 4 aromatic rings. The highest BCUT2D eigenvalue weighted by molar-refractivity contribution is 7.80. The van der Waals surface area contributed by atoms with Crippen molar-refractivity contribution in [1.29, 1.82) is 0 Å². The van der Waals surface area contributed by atoms with Gasteiger partial charge in [0, 0.05) is 28.8 Å². The van der Waals surface area contributed by atoms with Crippen LogP contribution in [0.1, 0.15) is 23.4 Å². The molecule has 0 fully saturated rings. The van der Waals surface area contributed by atoms with Crippen molar-refractivity contribution in [2.24, 2.45) is 0 Å². The van der Waals surface area contributed by atoms with E-state index in [1.165, 1.54) is 5.56 Å². The van der Waals surface area contributed by atoms with Crippen LogP contribution in [0.3, 0.4) is 0 Å². The van der Waals surface area contributed by atoms with Gasteiger partial charge in [-0.25, -0.2) is 4.68 Å². The summed E-state index contributed by atoms with van der Waals surface area (Å²) in [5.74, 6) is 0.492. The van der Waals surface area contributed by atoms with Gasteiger partial charge in [0.05, 0.1) is 23.1 Å². The number of nitrogens with one attached hydrogen (secondary N) is 2. The van der Waals surface area contributed by atoms with Gasteiger partial charge < -0.3 is 5.32 Å². The maximum absolute atomic E-state index is 11.8. The summed E-state index contributed by atoms with van der Waals surface area (Å²) in [4.78, 5) is 11.8. The quantitative estimate of drug-likeness (QED) is 0.425. The fraction of sp³-hybridized carbons (Fsp3) is 0.227. The number of rotatable bonds is 5. The number of carbonyl (C=O) groups is 1. The molecule has 148 valence electrons. The second-order valence-electron chi connectivity index (χ2n) is 7.11. The lowest BCUT2D eigenvalue weighted by atomic mass is 9.95. The molecule has 6 nitrogen and oxygen atoms in total. The van der Waals surface area contributed by atoms with Crippen LogP contribution < -0.4 is 5.32 Å². The van der Waals surface area contributed by atoms with Gasteiger partial charge in [-0.1, -0.05) is 6.07 Å². The molecule has 0 aliphatic rings. The van der Waals surface area contributed by atoms with Crippen molar-refractivity contribution in [2.45, 2.75) is 27.2 Å². The van der Waals surface area contributed by atoms with E-state index in [1.54, 1.807) is 0 Å². The van der Waals surface area contributed by atoms with Crippen LogP contribution >= 0.6 is 12.6 Å². The molecule has 0 radical (unpaired) electrons. The number of aromatic nitrogens is 4. The molecule has 4 rings (SSSR count). The highest BCUT2D eigenvalue weighted by Gasteiger charge is 2.19. The third-order valence-corrected chi connectivity index (χ3v) is 5.33. The molecule has 1 amide bonds. The average Bonchev–Trinajstić information content (AvgIpc) is 3.28. The number of benzene rings is 2. The molecule has 0 spiro atoms. The van der Waals surface area contributed by atoms with E-state index in [0.717, 1.165) is 44.8 Å². The molecule has 0 aliphatic carbocycles. The van der Waals surface area contributed by atoms with E-state index in [4.69, 9.17) is 5.10 Å². The minimum Gasteiger partial charge on any atom is -0.326 e. The monoisotopic (exact) mass is 405 g/mol. The summed E-state index contributed by atoms with van der Waals surface area (Å²) >= 11 is 4.09. The SMILES string of the molecule is Cc1ccc2[nH]ncc2c1-c1c(C)nn(-c2ccc(NC(=O)CCS)cc2)c1C. The zero-order valence-electron chi connectivity index (χ0n) is 16.7. The number of H-pyrrole nitrogens is 1. The van der Waals surface area contributed by atoms with Gasteiger partial charge in [0.15, 0.2) is 0 Å². The van der Waals surface area contributed by atoms with Gasteiger partial charge in [-0.3, -0.25) is 9.89 Å². The summed E-state index contributed by atoms with van der Waals surface area (Å²) in [5, 5.41) is 16.0. The number of anilines is 1. The Morgan fingerprint density at radius 1 is 1.10 bits per heavy atom. The van der Waals surface area contributed by atoms with Crippen LogP contribution in [0.2, 0.25) is 0 Å². The van der Waals surface area contributed by atoms with Gasteiger partial charge in [-0.05, 0) is 68.0 Å². The minimum atomic E-state index is -0.0372. The van der Waals surface area contributed by atoms with Crippen LogP contribution in [0.5, 0.6) is 0 Å². The molecule has 7 heteroatoms. The maximum Gasteiger partial charge on any atom is 0.225 e. The number of fused-ring (bicyclic) bond motifs is 1.